The van der Waals surface area contributed by atoms with Gasteiger partial charge >= 0.3 is 5.69 Å². The highest BCUT2D eigenvalue weighted by Crippen LogP contribution is 2.34. The number of aromatic nitrogens is 2. The zero-order valence-corrected chi connectivity index (χ0v) is 21.5. The third kappa shape index (κ3) is 6.71. The molecule has 12 heteroatoms. The Bertz CT molecular complexity index is 1290. The Morgan fingerprint density at radius 2 is 1.92 bits per heavy atom. The zero-order chi connectivity index (χ0) is 26.5. The second-order valence-corrected chi connectivity index (χ2v) is 9.91. The van der Waals surface area contributed by atoms with Crippen LogP contribution in [0.4, 0.5) is 17.3 Å². The van der Waals surface area contributed by atoms with Crippen LogP contribution in [0.25, 0.3) is 11.1 Å². The molecular weight excluding hydrogens is 519 g/mol. The van der Waals surface area contributed by atoms with E-state index >= 15 is 0 Å². The Hall–Kier alpha value is -3.34. The highest BCUT2D eigenvalue weighted by molar-refractivity contribution is 6.36. The summed E-state index contributed by atoms with van der Waals surface area (Å²) in [4.78, 5) is 27.6. The molecule has 1 aliphatic rings. The summed E-state index contributed by atoms with van der Waals surface area (Å²) in [7, 11) is 0. The van der Waals surface area contributed by atoms with Gasteiger partial charge in [-0.2, -0.15) is 0 Å². The number of rotatable bonds is 9. The van der Waals surface area contributed by atoms with Gasteiger partial charge in [-0.25, -0.2) is 4.98 Å². The van der Waals surface area contributed by atoms with Crippen molar-refractivity contribution in [3.05, 3.63) is 68.4 Å². The van der Waals surface area contributed by atoms with E-state index in [9.17, 15) is 20.0 Å². The number of hydrogen-bond donors (Lipinski definition) is 4. The second kappa shape index (κ2) is 11.8. The molecule has 37 heavy (non-hydrogen) atoms. The van der Waals surface area contributed by atoms with Crippen LogP contribution in [0.1, 0.15) is 42.5 Å². The molecule has 10 nitrogen and oxygen atoms in total. The number of aliphatic hydroxyl groups is 1. The summed E-state index contributed by atoms with van der Waals surface area (Å²) in [6.45, 7) is 1.13. The third-order valence-electron chi connectivity index (χ3n) is 6.38. The van der Waals surface area contributed by atoms with Crippen molar-refractivity contribution in [2.24, 2.45) is 0 Å². The average Bonchev–Trinajstić information content (AvgIpc) is 3.27. The van der Waals surface area contributed by atoms with Crippen molar-refractivity contribution in [1.29, 1.82) is 0 Å². The lowest BCUT2D eigenvalue weighted by Gasteiger charge is -2.26. The van der Waals surface area contributed by atoms with Gasteiger partial charge < -0.3 is 26.0 Å². The molecule has 4 rings (SSSR count). The molecule has 1 fully saturated rings. The van der Waals surface area contributed by atoms with Crippen LogP contribution in [0.3, 0.4) is 0 Å². The Morgan fingerprint density at radius 3 is 2.59 bits per heavy atom. The van der Waals surface area contributed by atoms with Crippen LogP contribution in [0.15, 0.2) is 42.7 Å². The van der Waals surface area contributed by atoms with Gasteiger partial charge in [0.1, 0.15) is 5.82 Å². The Kier molecular flexibility index (Phi) is 8.52. The minimum absolute atomic E-state index is 0.0126. The van der Waals surface area contributed by atoms with Gasteiger partial charge in [-0.3, -0.25) is 14.9 Å². The first-order valence-electron chi connectivity index (χ1n) is 12.0. The molecule has 0 atom stereocenters. The van der Waals surface area contributed by atoms with Gasteiger partial charge in [-0.1, -0.05) is 29.3 Å². The summed E-state index contributed by atoms with van der Waals surface area (Å²) in [6.07, 6.45) is 6.88. The van der Waals surface area contributed by atoms with E-state index in [4.69, 9.17) is 28.9 Å². The SMILES string of the molecule is Nc1nc(NCCCn2cc(C(=O)NC3CCC(O)CC3)c(-c3ccc(Cl)cc3Cl)c2)ccc1[N+](=O)[O-]. The maximum absolute atomic E-state index is 13.3. The molecule has 5 N–H and O–H groups in total. The molecule has 0 spiro atoms. The standard InChI is InChI=1S/C25H28Cl2N6O4/c26-15-2-7-18(21(27)12-15)19-13-32(14-20(19)25(35)30-16-3-5-17(34)6-4-16)11-1-10-29-23-9-8-22(33(36)37)24(28)31-23/h2,7-9,12-14,16-17,34H,1,3-6,10-11H2,(H,30,35)(H3,28,29,31). The van der Waals surface area contributed by atoms with Crippen molar-refractivity contribution in [3.8, 4) is 11.1 Å². The molecule has 0 aliphatic heterocycles. The number of halogens is 2. The van der Waals surface area contributed by atoms with Crippen LogP contribution in [-0.4, -0.2) is 44.2 Å². The molecule has 0 radical (unpaired) electrons. The number of hydrogen-bond acceptors (Lipinski definition) is 7. The number of carbonyl (C=O) groups is 1. The fourth-order valence-electron chi connectivity index (χ4n) is 4.42. The first-order valence-corrected chi connectivity index (χ1v) is 12.8. The van der Waals surface area contributed by atoms with Crippen molar-refractivity contribution < 1.29 is 14.8 Å². The number of nitrogens with one attached hydrogen (secondary N) is 2. The van der Waals surface area contributed by atoms with Gasteiger partial charge in [-0.15, -0.1) is 0 Å². The molecule has 0 saturated heterocycles. The summed E-state index contributed by atoms with van der Waals surface area (Å²) < 4.78 is 1.93. The van der Waals surface area contributed by atoms with Crippen LogP contribution in [0.5, 0.6) is 0 Å². The number of carbonyl (C=O) groups excluding carboxylic acids is 1. The predicted octanol–water partition coefficient (Wildman–Crippen LogP) is 4.88. The largest absolute Gasteiger partial charge is 0.393 e. The number of aliphatic hydroxyl groups excluding tert-OH is 1. The molecule has 1 saturated carbocycles. The van der Waals surface area contributed by atoms with Crippen molar-refractivity contribution in [3.63, 3.8) is 0 Å². The van der Waals surface area contributed by atoms with Crippen LogP contribution in [-0.2, 0) is 6.54 Å². The number of aryl methyl sites for hydroxylation is 1. The van der Waals surface area contributed by atoms with Crippen LogP contribution < -0.4 is 16.4 Å². The molecule has 196 valence electrons. The molecule has 2 heterocycles. The minimum Gasteiger partial charge on any atom is -0.393 e. The van der Waals surface area contributed by atoms with E-state index < -0.39 is 4.92 Å². The van der Waals surface area contributed by atoms with Crippen LogP contribution in [0.2, 0.25) is 10.0 Å². The molecule has 1 aliphatic carbocycles. The summed E-state index contributed by atoms with van der Waals surface area (Å²) in [5.74, 6) is 0.111. The summed E-state index contributed by atoms with van der Waals surface area (Å²) >= 11 is 12.6. The van der Waals surface area contributed by atoms with E-state index in [0.717, 1.165) is 12.8 Å². The number of pyridine rings is 1. The maximum atomic E-state index is 13.3. The van der Waals surface area contributed by atoms with E-state index in [-0.39, 0.29) is 29.6 Å². The average molecular weight is 547 g/mol. The van der Waals surface area contributed by atoms with Crippen molar-refractivity contribution >= 4 is 46.4 Å². The lowest BCUT2D eigenvalue weighted by Crippen LogP contribution is -2.38. The molecule has 3 aromatic rings. The quantitative estimate of drug-likeness (QED) is 0.169. The van der Waals surface area contributed by atoms with E-state index in [1.807, 2.05) is 10.8 Å². The lowest BCUT2D eigenvalue weighted by atomic mass is 9.93. The maximum Gasteiger partial charge on any atom is 0.311 e. The van der Waals surface area contributed by atoms with E-state index in [0.29, 0.717) is 64.9 Å². The van der Waals surface area contributed by atoms with Crippen molar-refractivity contribution in [2.75, 3.05) is 17.6 Å². The first kappa shape index (κ1) is 26.7. The third-order valence-corrected chi connectivity index (χ3v) is 6.92. The van der Waals surface area contributed by atoms with Gasteiger partial charge in [0.15, 0.2) is 0 Å². The van der Waals surface area contributed by atoms with E-state index in [1.165, 1.54) is 12.1 Å². The highest BCUT2D eigenvalue weighted by Gasteiger charge is 2.24. The minimum atomic E-state index is -0.575. The van der Waals surface area contributed by atoms with E-state index in [1.54, 1.807) is 24.4 Å². The van der Waals surface area contributed by atoms with Crippen LogP contribution >= 0.6 is 23.2 Å². The number of anilines is 2. The highest BCUT2D eigenvalue weighted by atomic mass is 35.5. The number of amides is 1. The van der Waals surface area contributed by atoms with Crippen molar-refractivity contribution in [1.82, 2.24) is 14.9 Å². The number of nitrogens with two attached hydrogens (primary N) is 1. The summed E-state index contributed by atoms with van der Waals surface area (Å²) in [5, 5.41) is 27.8. The zero-order valence-electron chi connectivity index (χ0n) is 20.0. The summed E-state index contributed by atoms with van der Waals surface area (Å²) in [5.41, 5.74) is 7.33. The lowest BCUT2D eigenvalue weighted by molar-refractivity contribution is -0.384. The van der Waals surface area contributed by atoms with Crippen molar-refractivity contribution in [2.45, 2.75) is 50.8 Å². The second-order valence-electron chi connectivity index (χ2n) is 9.06. The Labute approximate surface area is 223 Å². The molecule has 0 unspecified atom stereocenters. The van der Waals surface area contributed by atoms with Gasteiger partial charge in [0, 0.05) is 58.8 Å². The monoisotopic (exact) mass is 546 g/mol. The topological polar surface area (TPSA) is 148 Å². The van der Waals surface area contributed by atoms with Gasteiger partial charge in [0.25, 0.3) is 5.91 Å². The molecule has 1 aromatic carbocycles. The van der Waals surface area contributed by atoms with Gasteiger partial charge in [0.05, 0.1) is 16.6 Å². The smallest absolute Gasteiger partial charge is 0.311 e. The van der Waals surface area contributed by atoms with Gasteiger partial charge in [0.2, 0.25) is 5.82 Å². The molecule has 0 bridgehead atoms. The number of nitrogens with zero attached hydrogens (tertiary/aromatic N) is 3. The number of nitro groups is 1. The number of benzene rings is 1. The van der Waals surface area contributed by atoms with Gasteiger partial charge in [-0.05, 0) is 50.3 Å². The fraction of sp³-hybridized carbons (Fsp3) is 0.360. The summed E-state index contributed by atoms with van der Waals surface area (Å²) in [6, 6.07) is 8.02. The molecule has 2 aromatic heterocycles. The van der Waals surface area contributed by atoms with Crippen LogP contribution in [0, 0.1) is 10.1 Å². The normalized spacial score (nSPS) is 17.4. The van der Waals surface area contributed by atoms with E-state index in [2.05, 4.69) is 15.6 Å². The molecule has 1 amide bonds. The molecular formula is C25H28Cl2N6O4. The first-order chi connectivity index (χ1) is 17.7. The fourth-order valence-corrected chi connectivity index (χ4v) is 4.93. The number of nitrogen functional groups attached to an aromatic ring is 1. The predicted molar refractivity (Wildman–Crippen MR) is 144 cm³/mol. The Balaban J connectivity index is 1.46. The Morgan fingerprint density at radius 1 is 1.16 bits per heavy atom.